The lowest BCUT2D eigenvalue weighted by Gasteiger charge is -2.40. The highest BCUT2D eigenvalue weighted by Crippen LogP contribution is 2.37. The van der Waals surface area contributed by atoms with Crippen LogP contribution in [0, 0.1) is 10.8 Å². The summed E-state index contributed by atoms with van der Waals surface area (Å²) in [5.41, 5.74) is -1.66. The van der Waals surface area contributed by atoms with Gasteiger partial charge >= 0.3 is 5.97 Å². The minimum Gasteiger partial charge on any atom is -0.455 e. The van der Waals surface area contributed by atoms with E-state index in [9.17, 15) is 14.4 Å². The summed E-state index contributed by atoms with van der Waals surface area (Å²) in [6, 6.07) is 0. The molecule has 0 aliphatic rings. The third-order valence-electron chi connectivity index (χ3n) is 9.62. The van der Waals surface area contributed by atoms with Crippen molar-refractivity contribution >= 4 is 17.5 Å². The minimum absolute atomic E-state index is 0.0876. The van der Waals surface area contributed by atoms with Gasteiger partial charge in [0.2, 0.25) is 0 Å². The molecule has 7 nitrogen and oxygen atoms in total. The monoisotopic (exact) mass is 595 g/mol. The van der Waals surface area contributed by atoms with E-state index in [2.05, 4.69) is 26.1 Å². The van der Waals surface area contributed by atoms with Crippen LogP contribution < -0.4 is 5.32 Å². The molecule has 0 saturated heterocycles. The van der Waals surface area contributed by atoms with Crippen molar-refractivity contribution in [3.63, 3.8) is 0 Å². The molecule has 0 unspecified atom stereocenters. The number of carbonyl (C=O) groups is 3. The van der Waals surface area contributed by atoms with Crippen LogP contribution in [-0.4, -0.2) is 60.6 Å². The first-order valence-corrected chi connectivity index (χ1v) is 16.0. The molecule has 246 valence electrons. The molecule has 42 heavy (non-hydrogen) atoms. The van der Waals surface area contributed by atoms with E-state index in [0.717, 1.165) is 37.7 Å². The van der Waals surface area contributed by atoms with Gasteiger partial charge in [-0.15, -0.1) is 0 Å². The summed E-state index contributed by atoms with van der Waals surface area (Å²) in [7, 11) is 0. The van der Waals surface area contributed by atoms with Crippen LogP contribution in [0.1, 0.15) is 142 Å². The predicted molar refractivity (Wildman–Crippen MR) is 173 cm³/mol. The van der Waals surface area contributed by atoms with E-state index in [1.165, 1.54) is 0 Å². The Hall–Kier alpha value is -1.57. The second-order valence-corrected chi connectivity index (χ2v) is 14.5. The Kier molecular flexibility index (Phi) is 16.4. The molecule has 1 N–H and O–H groups in total. The second kappa shape index (κ2) is 17.1. The third-order valence-corrected chi connectivity index (χ3v) is 9.62. The predicted octanol–water partition coefficient (Wildman–Crippen LogP) is 7.79. The average Bonchev–Trinajstić information content (AvgIpc) is 2.90. The highest BCUT2D eigenvalue weighted by Gasteiger charge is 2.46. The topological polar surface area (TPSA) is 90.9 Å². The van der Waals surface area contributed by atoms with E-state index in [1.807, 2.05) is 69.2 Å². The molecule has 0 aromatic carbocycles. The Balaban J connectivity index is 4.92. The van der Waals surface area contributed by atoms with Gasteiger partial charge in [-0.1, -0.05) is 34.1 Å². The molecular formula is C35H65NO6. The molecule has 7 heteroatoms. The lowest BCUT2D eigenvalue weighted by Crippen LogP contribution is -2.48. The van der Waals surface area contributed by atoms with E-state index >= 15 is 0 Å². The second-order valence-electron chi connectivity index (χ2n) is 14.5. The van der Waals surface area contributed by atoms with E-state index < -0.39 is 22.6 Å². The summed E-state index contributed by atoms with van der Waals surface area (Å²) < 4.78 is 18.0. The maximum atomic E-state index is 13.2. The smallest absolute Gasteiger partial charge is 0.334 e. The van der Waals surface area contributed by atoms with Crippen LogP contribution >= 0.6 is 0 Å². The molecule has 0 aromatic heterocycles. The molecule has 0 fully saturated rings. The van der Waals surface area contributed by atoms with Crippen molar-refractivity contribution in [2.75, 3.05) is 26.3 Å². The molecule has 0 atom stereocenters. The Morgan fingerprint density at radius 3 is 1.81 bits per heavy atom. The summed E-state index contributed by atoms with van der Waals surface area (Å²) in [5.74, 6) is -0.0953. The van der Waals surface area contributed by atoms with Gasteiger partial charge in [0.15, 0.2) is 0 Å². The zero-order valence-electron chi connectivity index (χ0n) is 29.7. The largest absolute Gasteiger partial charge is 0.455 e. The van der Waals surface area contributed by atoms with Crippen LogP contribution in [0.5, 0.6) is 0 Å². The summed E-state index contributed by atoms with van der Waals surface area (Å²) in [6.45, 7) is 29.5. The molecule has 0 saturated carbocycles. The molecule has 0 heterocycles. The summed E-state index contributed by atoms with van der Waals surface area (Å²) in [5, 5.41) is 3.28. The van der Waals surface area contributed by atoms with Crippen molar-refractivity contribution in [2.45, 2.75) is 159 Å². The molecular weight excluding hydrogens is 530 g/mol. The Bertz CT molecular complexity index is 910. The van der Waals surface area contributed by atoms with Crippen LogP contribution in [0.25, 0.3) is 0 Å². The number of rotatable bonds is 22. The number of ketones is 2. The molecule has 0 rings (SSSR count). The number of hydrogen-bond acceptors (Lipinski definition) is 7. The Morgan fingerprint density at radius 1 is 0.667 bits per heavy atom. The summed E-state index contributed by atoms with van der Waals surface area (Å²) in [4.78, 5) is 38.7. The Morgan fingerprint density at radius 2 is 1.26 bits per heavy atom. The van der Waals surface area contributed by atoms with Gasteiger partial charge in [0.1, 0.15) is 17.2 Å². The van der Waals surface area contributed by atoms with Crippen LogP contribution in [0.15, 0.2) is 11.1 Å². The number of unbranched alkanes of at least 4 members (excludes halogenated alkanes) is 2. The molecule has 0 bridgehead atoms. The first-order valence-electron chi connectivity index (χ1n) is 16.0. The van der Waals surface area contributed by atoms with Crippen LogP contribution in [0.3, 0.4) is 0 Å². The SMILES string of the molecule is CCC(C)(C)OCCCCCC(=O)C(C)(C)C(C)(C)OC(=O)/C(C)=C(\C)C(C)(C)OCCNCCC(=O)C(C)(C)CC. The average molecular weight is 596 g/mol. The lowest BCUT2D eigenvalue weighted by atomic mass is 9.72. The quantitative estimate of drug-likeness (QED) is 0.0776. The number of carbonyl (C=O) groups excluding carboxylic acids is 3. The van der Waals surface area contributed by atoms with Gasteiger partial charge in [0, 0.05) is 43.5 Å². The molecule has 0 spiro atoms. The maximum absolute atomic E-state index is 13.2. The van der Waals surface area contributed by atoms with Crippen molar-refractivity contribution < 1.29 is 28.6 Å². The lowest BCUT2D eigenvalue weighted by molar-refractivity contribution is -0.168. The number of esters is 1. The summed E-state index contributed by atoms with van der Waals surface area (Å²) in [6.07, 6.45) is 5.36. The number of ether oxygens (including phenoxy) is 3. The standard InChI is InChI=1S/C35H65NO6/c1-15-31(5,6)28(37)21-22-36-23-25-41-34(11,12)27(4)26(3)30(39)42-35(13,14)33(9,10)29(38)20-18-17-19-24-40-32(7,8)16-2/h36H,15-25H2,1-14H3/b27-26+. The summed E-state index contributed by atoms with van der Waals surface area (Å²) >= 11 is 0. The highest BCUT2D eigenvalue weighted by molar-refractivity contribution is 5.90. The van der Waals surface area contributed by atoms with Crippen molar-refractivity contribution in [1.82, 2.24) is 5.32 Å². The number of nitrogens with one attached hydrogen (secondary N) is 1. The van der Waals surface area contributed by atoms with Crippen molar-refractivity contribution in [1.29, 1.82) is 0 Å². The van der Waals surface area contributed by atoms with Gasteiger partial charge in [0.05, 0.1) is 23.2 Å². The van der Waals surface area contributed by atoms with E-state index in [-0.39, 0.29) is 22.6 Å². The first-order chi connectivity index (χ1) is 19.1. The fourth-order valence-electron chi connectivity index (χ4n) is 4.05. The fraction of sp³-hybridized carbons (Fsp3) is 0.857. The maximum Gasteiger partial charge on any atom is 0.334 e. The van der Waals surface area contributed by atoms with Gasteiger partial charge in [-0.3, -0.25) is 9.59 Å². The van der Waals surface area contributed by atoms with Crippen LogP contribution in [0.4, 0.5) is 0 Å². The minimum atomic E-state index is -0.990. The van der Waals surface area contributed by atoms with Crippen LogP contribution in [0.2, 0.25) is 0 Å². The van der Waals surface area contributed by atoms with Gasteiger partial charge < -0.3 is 19.5 Å². The van der Waals surface area contributed by atoms with Crippen molar-refractivity contribution in [2.24, 2.45) is 10.8 Å². The highest BCUT2D eigenvalue weighted by atomic mass is 16.6. The molecule has 0 aliphatic carbocycles. The molecule has 0 aliphatic heterocycles. The molecule has 0 aromatic rings. The van der Waals surface area contributed by atoms with E-state index in [4.69, 9.17) is 14.2 Å². The molecule has 0 radical (unpaired) electrons. The zero-order chi connectivity index (χ0) is 33.0. The number of Topliss-reactive ketones (excluding diaryl/α,β-unsaturated/α-hetero) is 2. The van der Waals surface area contributed by atoms with Gasteiger partial charge in [0.25, 0.3) is 0 Å². The van der Waals surface area contributed by atoms with Gasteiger partial charge in [-0.05, 0) is 100 Å². The molecule has 0 amide bonds. The van der Waals surface area contributed by atoms with E-state index in [1.54, 1.807) is 6.92 Å². The fourth-order valence-corrected chi connectivity index (χ4v) is 4.05. The third kappa shape index (κ3) is 13.0. The first kappa shape index (κ1) is 40.4. The van der Waals surface area contributed by atoms with Crippen molar-refractivity contribution in [3.8, 4) is 0 Å². The number of hydrogen-bond donors (Lipinski definition) is 1. The van der Waals surface area contributed by atoms with Gasteiger partial charge in [-0.2, -0.15) is 0 Å². The normalized spacial score (nSPS) is 14.0. The zero-order valence-corrected chi connectivity index (χ0v) is 29.7. The van der Waals surface area contributed by atoms with Gasteiger partial charge in [-0.25, -0.2) is 4.79 Å². The van der Waals surface area contributed by atoms with Crippen LogP contribution in [-0.2, 0) is 28.6 Å². The Labute approximate surface area is 258 Å². The van der Waals surface area contributed by atoms with Crippen molar-refractivity contribution in [3.05, 3.63) is 11.1 Å². The van der Waals surface area contributed by atoms with E-state index in [0.29, 0.717) is 44.7 Å².